The molecule has 0 saturated heterocycles. The second kappa shape index (κ2) is 3.43. The third kappa shape index (κ3) is 1.94. The number of aryl methyl sites for hydroxylation is 1. The van der Waals surface area contributed by atoms with Gasteiger partial charge in [0, 0.05) is 24.2 Å². The van der Waals surface area contributed by atoms with Crippen LogP contribution in [0, 0.1) is 11.3 Å². The highest BCUT2D eigenvalue weighted by Crippen LogP contribution is 2.27. The van der Waals surface area contributed by atoms with E-state index < -0.39 is 6.10 Å². The highest BCUT2D eigenvalue weighted by Gasteiger charge is 2.25. The fourth-order valence-electron chi connectivity index (χ4n) is 1.36. The van der Waals surface area contributed by atoms with E-state index in [0.29, 0.717) is 5.56 Å². The first-order chi connectivity index (χ1) is 6.36. The molecule has 1 N–H and O–H groups in total. The van der Waals surface area contributed by atoms with Crippen molar-refractivity contribution < 1.29 is 5.11 Å². The van der Waals surface area contributed by atoms with Crippen LogP contribution >= 0.6 is 0 Å². The first kappa shape index (κ1) is 10.7. The average Bonchev–Trinajstić information content (AvgIpc) is 2.45. The molecular formula is C10H15N3O. The molecule has 4 heteroatoms. The molecule has 1 rings (SSSR count). The lowest BCUT2D eigenvalue weighted by molar-refractivity contribution is 0.233. The average molecular weight is 193 g/mol. The van der Waals surface area contributed by atoms with E-state index in [9.17, 15) is 5.11 Å². The number of nitrogens with zero attached hydrogens (tertiary/aromatic N) is 3. The lowest BCUT2D eigenvalue weighted by atomic mass is 9.88. The summed E-state index contributed by atoms with van der Waals surface area (Å²) in [5.74, 6) is 0. The van der Waals surface area contributed by atoms with Gasteiger partial charge < -0.3 is 5.11 Å². The van der Waals surface area contributed by atoms with E-state index in [1.54, 1.807) is 17.9 Å². The summed E-state index contributed by atoms with van der Waals surface area (Å²) in [4.78, 5) is 0. The second-order valence-corrected chi connectivity index (χ2v) is 4.39. The van der Waals surface area contributed by atoms with Gasteiger partial charge in [-0.05, 0) is 0 Å². The molecule has 1 atom stereocenters. The van der Waals surface area contributed by atoms with Crippen molar-refractivity contribution in [2.75, 3.05) is 0 Å². The van der Waals surface area contributed by atoms with Gasteiger partial charge in [-0.25, -0.2) is 0 Å². The second-order valence-electron chi connectivity index (χ2n) is 4.39. The van der Waals surface area contributed by atoms with Crippen LogP contribution in [0.25, 0.3) is 0 Å². The topological polar surface area (TPSA) is 61.8 Å². The minimum atomic E-state index is -1.09. The summed E-state index contributed by atoms with van der Waals surface area (Å²) in [7, 11) is 1.78. The summed E-state index contributed by atoms with van der Waals surface area (Å²) in [5, 5.41) is 22.4. The molecule has 0 aliphatic heterocycles. The van der Waals surface area contributed by atoms with Crippen molar-refractivity contribution in [2.24, 2.45) is 7.05 Å². The van der Waals surface area contributed by atoms with Crippen molar-refractivity contribution >= 4 is 0 Å². The summed E-state index contributed by atoms with van der Waals surface area (Å²) in [6, 6.07) is 1.81. The Balaban J connectivity index is 3.24. The summed E-state index contributed by atoms with van der Waals surface area (Å²) < 4.78 is 1.62. The molecule has 0 radical (unpaired) electrons. The van der Waals surface area contributed by atoms with E-state index in [1.165, 1.54) is 0 Å². The predicted octanol–water partition coefficient (Wildman–Crippen LogP) is 1.27. The van der Waals surface area contributed by atoms with E-state index in [4.69, 9.17) is 5.26 Å². The molecule has 0 amide bonds. The fraction of sp³-hybridized carbons (Fsp3) is 0.600. The van der Waals surface area contributed by atoms with Gasteiger partial charge in [-0.15, -0.1) is 0 Å². The first-order valence-corrected chi connectivity index (χ1v) is 4.48. The SMILES string of the molecule is Cn1cc(C(O)C#N)c(C(C)(C)C)n1. The zero-order chi connectivity index (χ0) is 10.9. The first-order valence-electron chi connectivity index (χ1n) is 4.48. The van der Waals surface area contributed by atoms with Crippen LogP contribution in [-0.4, -0.2) is 14.9 Å². The molecule has 0 bridgehead atoms. The zero-order valence-corrected chi connectivity index (χ0v) is 8.94. The Morgan fingerprint density at radius 3 is 2.57 bits per heavy atom. The third-order valence-corrected chi connectivity index (χ3v) is 1.98. The summed E-state index contributed by atoms with van der Waals surface area (Å²) in [5.41, 5.74) is 1.21. The maximum absolute atomic E-state index is 9.47. The van der Waals surface area contributed by atoms with Crippen molar-refractivity contribution in [3.8, 4) is 6.07 Å². The van der Waals surface area contributed by atoms with E-state index in [-0.39, 0.29) is 5.41 Å². The lowest BCUT2D eigenvalue weighted by Gasteiger charge is -2.17. The molecule has 0 saturated carbocycles. The van der Waals surface area contributed by atoms with Crippen LogP contribution in [0.3, 0.4) is 0 Å². The molecule has 4 nitrogen and oxygen atoms in total. The molecule has 1 aromatic heterocycles. The van der Waals surface area contributed by atoms with Gasteiger partial charge in [-0.3, -0.25) is 4.68 Å². The van der Waals surface area contributed by atoms with Crippen molar-refractivity contribution in [2.45, 2.75) is 32.3 Å². The maximum atomic E-state index is 9.47. The largest absolute Gasteiger partial charge is 0.374 e. The summed E-state index contributed by atoms with van der Waals surface area (Å²) in [6.45, 7) is 6.01. The van der Waals surface area contributed by atoms with E-state index >= 15 is 0 Å². The van der Waals surface area contributed by atoms with Crippen LogP contribution in [0.2, 0.25) is 0 Å². The highest BCUT2D eigenvalue weighted by atomic mass is 16.3. The molecule has 76 valence electrons. The number of hydrogen-bond donors (Lipinski definition) is 1. The third-order valence-electron chi connectivity index (χ3n) is 1.98. The minimum absolute atomic E-state index is 0.158. The van der Waals surface area contributed by atoms with Crippen molar-refractivity contribution in [3.63, 3.8) is 0 Å². The Morgan fingerprint density at radius 1 is 1.57 bits per heavy atom. The molecular weight excluding hydrogens is 178 g/mol. The molecule has 1 heterocycles. The van der Waals surface area contributed by atoms with Gasteiger partial charge in [0.05, 0.1) is 11.8 Å². The number of nitriles is 1. The van der Waals surface area contributed by atoms with Gasteiger partial charge in [0.2, 0.25) is 0 Å². The number of rotatable bonds is 1. The van der Waals surface area contributed by atoms with Crippen molar-refractivity contribution in [1.82, 2.24) is 9.78 Å². The lowest BCUT2D eigenvalue weighted by Crippen LogP contribution is -2.15. The number of aliphatic hydroxyl groups excluding tert-OH is 1. The van der Waals surface area contributed by atoms with E-state index in [0.717, 1.165) is 5.69 Å². The number of aliphatic hydroxyl groups is 1. The molecule has 0 aliphatic carbocycles. The van der Waals surface area contributed by atoms with Gasteiger partial charge in [0.1, 0.15) is 0 Å². The van der Waals surface area contributed by atoms with Crippen LogP contribution in [0.15, 0.2) is 6.20 Å². The van der Waals surface area contributed by atoms with Crippen LogP contribution in [0.1, 0.15) is 38.1 Å². The Bertz CT molecular complexity index is 368. The quantitative estimate of drug-likeness (QED) is 0.683. The van der Waals surface area contributed by atoms with Crippen molar-refractivity contribution in [3.05, 3.63) is 17.5 Å². The molecule has 0 spiro atoms. The molecule has 1 aromatic rings. The van der Waals surface area contributed by atoms with E-state index in [1.807, 2.05) is 26.8 Å². The zero-order valence-electron chi connectivity index (χ0n) is 8.94. The Labute approximate surface area is 83.8 Å². The number of aromatic nitrogens is 2. The Kier molecular flexibility index (Phi) is 2.63. The highest BCUT2D eigenvalue weighted by molar-refractivity contribution is 5.29. The van der Waals surface area contributed by atoms with Gasteiger partial charge in [-0.1, -0.05) is 20.8 Å². The summed E-state index contributed by atoms with van der Waals surface area (Å²) >= 11 is 0. The molecule has 0 fully saturated rings. The Morgan fingerprint density at radius 2 is 2.14 bits per heavy atom. The molecule has 0 aromatic carbocycles. The van der Waals surface area contributed by atoms with Gasteiger partial charge in [-0.2, -0.15) is 10.4 Å². The summed E-state index contributed by atoms with van der Waals surface area (Å²) in [6.07, 6.45) is 0.604. The minimum Gasteiger partial charge on any atom is -0.374 e. The Hall–Kier alpha value is -1.34. The van der Waals surface area contributed by atoms with Gasteiger partial charge >= 0.3 is 0 Å². The molecule has 0 aliphatic rings. The predicted molar refractivity (Wildman–Crippen MR) is 52.5 cm³/mol. The molecule has 1 unspecified atom stereocenters. The smallest absolute Gasteiger partial charge is 0.169 e. The van der Waals surface area contributed by atoms with E-state index in [2.05, 4.69) is 5.10 Å². The maximum Gasteiger partial charge on any atom is 0.169 e. The fourth-order valence-corrected chi connectivity index (χ4v) is 1.36. The van der Waals surface area contributed by atoms with Crippen LogP contribution in [0.5, 0.6) is 0 Å². The standard InChI is InChI=1S/C10H15N3O/c1-10(2,3)9-7(8(14)5-11)6-13(4)12-9/h6,8,14H,1-4H3. The number of hydrogen-bond acceptors (Lipinski definition) is 3. The monoisotopic (exact) mass is 193 g/mol. The van der Waals surface area contributed by atoms with Gasteiger partial charge in [0.25, 0.3) is 0 Å². The molecule has 14 heavy (non-hydrogen) atoms. The normalized spacial score (nSPS) is 13.7. The van der Waals surface area contributed by atoms with Crippen LogP contribution < -0.4 is 0 Å². The van der Waals surface area contributed by atoms with Gasteiger partial charge in [0.15, 0.2) is 6.10 Å². The van der Waals surface area contributed by atoms with Crippen LogP contribution in [0.4, 0.5) is 0 Å². The van der Waals surface area contributed by atoms with Crippen LogP contribution in [-0.2, 0) is 12.5 Å². The van der Waals surface area contributed by atoms with Crippen molar-refractivity contribution in [1.29, 1.82) is 5.26 Å².